The van der Waals surface area contributed by atoms with Crippen LogP contribution in [0.5, 0.6) is 0 Å². The molecule has 7 nitrogen and oxygen atoms in total. The van der Waals surface area contributed by atoms with Crippen LogP contribution in [0.2, 0.25) is 0 Å². The number of nitrogens with two attached hydrogens (primary N) is 1. The van der Waals surface area contributed by atoms with E-state index >= 15 is 0 Å². The number of nitrogens with one attached hydrogen (secondary N) is 1. The largest absolute Gasteiger partial charge is 0.370 e. The Hall–Kier alpha value is -2.42. The number of carbonyl (C=O) groups is 2. The number of amides is 2. The molecule has 1 aromatic carbocycles. The minimum absolute atomic E-state index is 0.192. The van der Waals surface area contributed by atoms with Gasteiger partial charge in [0, 0.05) is 25.1 Å². The van der Waals surface area contributed by atoms with E-state index in [1.54, 1.807) is 26.0 Å². The van der Waals surface area contributed by atoms with Crippen LogP contribution in [0.4, 0.5) is 10.1 Å². The summed E-state index contributed by atoms with van der Waals surface area (Å²) in [5.74, 6) is -0.375. The van der Waals surface area contributed by atoms with Gasteiger partial charge in [0.2, 0.25) is 11.8 Å². The Morgan fingerprint density at radius 1 is 1.38 bits per heavy atom. The van der Waals surface area contributed by atoms with Gasteiger partial charge in [-0.2, -0.15) is 0 Å². The van der Waals surface area contributed by atoms with Gasteiger partial charge in [-0.3, -0.25) is 9.59 Å². The van der Waals surface area contributed by atoms with Crippen LogP contribution in [0.25, 0.3) is 0 Å². The second-order valence-electron chi connectivity index (χ2n) is 5.82. The van der Waals surface area contributed by atoms with E-state index in [0.29, 0.717) is 35.2 Å². The highest BCUT2D eigenvalue weighted by atomic mass is 32.2. The molecule has 2 aromatic rings. The predicted molar refractivity (Wildman–Crippen MR) is 98.3 cm³/mol. The summed E-state index contributed by atoms with van der Waals surface area (Å²) in [7, 11) is 0. The van der Waals surface area contributed by atoms with E-state index in [1.807, 2.05) is 11.5 Å². The highest BCUT2D eigenvalue weighted by Gasteiger charge is 2.20. The van der Waals surface area contributed by atoms with E-state index in [4.69, 9.17) is 5.73 Å². The van der Waals surface area contributed by atoms with Crippen LogP contribution in [0.3, 0.4) is 0 Å². The second-order valence-corrected chi connectivity index (χ2v) is 7.13. The molecule has 0 aliphatic heterocycles. The van der Waals surface area contributed by atoms with Crippen molar-refractivity contribution in [1.82, 2.24) is 14.8 Å². The molecule has 1 atom stereocenters. The van der Waals surface area contributed by atoms with Crippen LogP contribution >= 0.6 is 11.8 Å². The predicted octanol–water partition coefficient (Wildman–Crippen LogP) is 2.28. The number of halogens is 1. The zero-order valence-corrected chi connectivity index (χ0v) is 15.8. The van der Waals surface area contributed by atoms with Crippen LogP contribution in [-0.2, 0) is 22.6 Å². The van der Waals surface area contributed by atoms with Crippen molar-refractivity contribution in [1.29, 1.82) is 0 Å². The fraction of sp³-hybridized carbons (Fsp3) is 0.412. The molecule has 140 valence electrons. The molecule has 9 heteroatoms. The van der Waals surface area contributed by atoms with Crippen molar-refractivity contribution in [3.63, 3.8) is 0 Å². The molecule has 0 unspecified atom stereocenters. The Kier molecular flexibility index (Phi) is 6.73. The fourth-order valence-electron chi connectivity index (χ4n) is 2.27. The summed E-state index contributed by atoms with van der Waals surface area (Å²) in [5, 5.41) is 11.0. The third-order valence-electron chi connectivity index (χ3n) is 3.80. The SMILES string of the molecule is CCn1c(CCC(N)=O)nnc1S[C@H](C)C(=O)Nc1ccc(C)c(F)c1. The van der Waals surface area contributed by atoms with Gasteiger partial charge in [-0.15, -0.1) is 10.2 Å². The normalized spacial score (nSPS) is 12.0. The number of rotatable bonds is 8. The van der Waals surface area contributed by atoms with Crippen molar-refractivity contribution < 1.29 is 14.0 Å². The fourth-order valence-corrected chi connectivity index (χ4v) is 3.20. The minimum atomic E-state index is -0.460. The molecule has 1 aromatic heterocycles. The van der Waals surface area contributed by atoms with Gasteiger partial charge in [-0.05, 0) is 38.5 Å². The van der Waals surface area contributed by atoms with Gasteiger partial charge in [0.1, 0.15) is 11.6 Å². The van der Waals surface area contributed by atoms with Gasteiger partial charge in [0.05, 0.1) is 5.25 Å². The van der Waals surface area contributed by atoms with E-state index in [0.717, 1.165) is 0 Å². The standard InChI is InChI=1S/C17H22FN5O2S/c1-4-23-15(8-7-14(19)24)21-22-17(23)26-11(3)16(25)20-12-6-5-10(2)13(18)9-12/h5-6,9,11H,4,7-8H2,1-3H3,(H2,19,24)(H,20,25)/t11-/m1/s1. The van der Waals surface area contributed by atoms with Gasteiger partial charge in [-0.25, -0.2) is 4.39 Å². The number of carbonyl (C=O) groups excluding carboxylic acids is 2. The number of hydrogen-bond donors (Lipinski definition) is 2. The molecule has 2 rings (SSSR count). The molecule has 0 saturated heterocycles. The van der Waals surface area contributed by atoms with E-state index in [1.165, 1.54) is 17.8 Å². The monoisotopic (exact) mass is 379 g/mol. The van der Waals surface area contributed by atoms with Crippen LogP contribution in [-0.4, -0.2) is 31.8 Å². The smallest absolute Gasteiger partial charge is 0.237 e. The van der Waals surface area contributed by atoms with Gasteiger partial charge < -0.3 is 15.6 Å². The second kappa shape index (κ2) is 8.79. The topological polar surface area (TPSA) is 103 Å². The Bertz CT molecular complexity index is 808. The molecule has 0 saturated carbocycles. The molecule has 2 amide bonds. The number of thioether (sulfide) groups is 1. The molecule has 1 heterocycles. The molecule has 0 spiro atoms. The van der Waals surface area contributed by atoms with E-state index in [-0.39, 0.29) is 18.1 Å². The number of nitrogens with zero attached hydrogens (tertiary/aromatic N) is 3. The lowest BCUT2D eigenvalue weighted by molar-refractivity contribution is -0.118. The van der Waals surface area contributed by atoms with Crippen molar-refractivity contribution in [3.05, 3.63) is 35.4 Å². The molecule has 0 fully saturated rings. The Morgan fingerprint density at radius 3 is 2.73 bits per heavy atom. The van der Waals surface area contributed by atoms with Crippen LogP contribution in [0.15, 0.2) is 23.4 Å². The first-order valence-electron chi connectivity index (χ1n) is 8.25. The van der Waals surface area contributed by atoms with E-state index < -0.39 is 11.2 Å². The van der Waals surface area contributed by atoms with Gasteiger partial charge in [-0.1, -0.05) is 17.8 Å². The third kappa shape index (κ3) is 5.04. The molecule has 0 aliphatic carbocycles. The van der Waals surface area contributed by atoms with E-state index in [9.17, 15) is 14.0 Å². The summed E-state index contributed by atoms with van der Waals surface area (Å²) in [5.41, 5.74) is 6.10. The maximum Gasteiger partial charge on any atom is 0.237 e. The number of aryl methyl sites for hydroxylation is 2. The molecule has 26 heavy (non-hydrogen) atoms. The summed E-state index contributed by atoms with van der Waals surface area (Å²) < 4.78 is 15.4. The Morgan fingerprint density at radius 2 is 2.12 bits per heavy atom. The van der Waals surface area contributed by atoms with Crippen molar-refractivity contribution >= 4 is 29.3 Å². The number of benzene rings is 1. The molecular weight excluding hydrogens is 357 g/mol. The first-order valence-corrected chi connectivity index (χ1v) is 9.13. The van der Waals surface area contributed by atoms with Crippen molar-refractivity contribution in [3.8, 4) is 0 Å². The Labute approximate surface area is 155 Å². The van der Waals surface area contributed by atoms with E-state index in [2.05, 4.69) is 15.5 Å². The summed E-state index contributed by atoms with van der Waals surface area (Å²) >= 11 is 1.25. The third-order valence-corrected chi connectivity index (χ3v) is 4.88. The molecule has 3 N–H and O–H groups in total. The number of anilines is 1. The van der Waals surface area contributed by atoms with Crippen LogP contribution < -0.4 is 11.1 Å². The lowest BCUT2D eigenvalue weighted by Crippen LogP contribution is -2.23. The minimum Gasteiger partial charge on any atom is -0.370 e. The lowest BCUT2D eigenvalue weighted by Gasteiger charge is -2.13. The molecular formula is C17H22FN5O2S. The first kappa shape index (κ1) is 19.9. The average molecular weight is 379 g/mol. The van der Waals surface area contributed by atoms with Crippen molar-refractivity contribution in [2.75, 3.05) is 5.32 Å². The summed E-state index contributed by atoms with van der Waals surface area (Å²) in [6, 6.07) is 4.56. The van der Waals surface area contributed by atoms with Crippen molar-refractivity contribution in [2.24, 2.45) is 5.73 Å². The van der Waals surface area contributed by atoms with Crippen molar-refractivity contribution in [2.45, 2.75) is 50.6 Å². The first-order chi connectivity index (χ1) is 12.3. The molecule has 0 aliphatic rings. The van der Waals surface area contributed by atoms with Crippen LogP contribution in [0.1, 0.15) is 31.7 Å². The van der Waals surface area contributed by atoms with Gasteiger partial charge in [0.25, 0.3) is 0 Å². The highest BCUT2D eigenvalue weighted by Crippen LogP contribution is 2.24. The maximum absolute atomic E-state index is 13.6. The number of primary amides is 1. The lowest BCUT2D eigenvalue weighted by atomic mass is 10.2. The van der Waals surface area contributed by atoms with Gasteiger partial charge in [0.15, 0.2) is 5.16 Å². The zero-order valence-electron chi connectivity index (χ0n) is 15.0. The molecule has 0 radical (unpaired) electrons. The Balaban J connectivity index is 2.03. The average Bonchev–Trinajstić information content (AvgIpc) is 2.97. The quantitative estimate of drug-likeness (QED) is 0.685. The van der Waals surface area contributed by atoms with Gasteiger partial charge >= 0.3 is 0 Å². The molecule has 0 bridgehead atoms. The summed E-state index contributed by atoms with van der Waals surface area (Å²) in [4.78, 5) is 23.3. The summed E-state index contributed by atoms with van der Waals surface area (Å²) in [6.07, 6.45) is 0.595. The maximum atomic E-state index is 13.6. The number of hydrogen-bond acceptors (Lipinski definition) is 5. The number of aromatic nitrogens is 3. The summed E-state index contributed by atoms with van der Waals surface area (Å²) in [6.45, 7) is 5.94. The zero-order chi connectivity index (χ0) is 19.3. The van der Waals surface area contributed by atoms with Crippen LogP contribution in [0, 0.1) is 12.7 Å². The highest BCUT2D eigenvalue weighted by molar-refractivity contribution is 8.00.